The van der Waals surface area contributed by atoms with Crippen molar-refractivity contribution >= 4 is 11.3 Å². The Bertz CT molecular complexity index is 488. The molecular weight excluding hydrogens is 220 g/mol. The van der Waals surface area contributed by atoms with Gasteiger partial charge in [0, 0.05) is 10.4 Å². The van der Waals surface area contributed by atoms with Crippen molar-refractivity contribution in [3.05, 3.63) is 40.8 Å². The van der Waals surface area contributed by atoms with E-state index in [1.165, 1.54) is 10.4 Å². The van der Waals surface area contributed by atoms with Crippen LogP contribution >= 0.6 is 11.3 Å². The van der Waals surface area contributed by atoms with Crippen LogP contribution < -0.4 is 4.74 Å². The van der Waals surface area contributed by atoms with E-state index in [9.17, 15) is 0 Å². The van der Waals surface area contributed by atoms with Crippen molar-refractivity contribution < 1.29 is 9.84 Å². The van der Waals surface area contributed by atoms with Gasteiger partial charge in [0.2, 0.25) is 0 Å². The lowest BCUT2D eigenvalue weighted by Crippen LogP contribution is -1.91. The first kappa shape index (κ1) is 11.2. The Labute approximate surface area is 99.1 Å². The fourth-order valence-corrected chi connectivity index (χ4v) is 2.51. The summed E-state index contributed by atoms with van der Waals surface area (Å²) in [4.78, 5) is 1.22. The van der Waals surface area contributed by atoms with Crippen LogP contribution in [0.15, 0.2) is 29.6 Å². The largest absolute Gasteiger partial charge is 0.496 e. The highest BCUT2D eigenvalue weighted by Gasteiger charge is 2.06. The molecule has 84 valence electrons. The zero-order valence-corrected chi connectivity index (χ0v) is 10.2. The van der Waals surface area contributed by atoms with E-state index in [-0.39, 0.29) is 6.61 Å². The maximum atomic E-state index is 9.14. The van der Waals surface area contributed by atoms with Gasteiger partial charge in [-0.05, 0) is 35.6 Å². The molecule has 0 amide bonds. The molecule has 0 bridgehead atoms. The van der Waals surface area contributed by atoms with E-state index in [4.69, 9.17) is 9.84 Å². The molecule has 1 heterocycles. The van der Waals surface area contributed by atoms with Gasteiger partial charge in [-0.15, -0.1) is 11.3 Å². The minimum atomic E-state index is 0.00687. The summed E-state index contributed by atoms with van der Waals surface area (Å²) in [7, 11) is 1.62. The number of thiophene rings is 1. The summed E-state index contributed by atoms with van der Waals surface area (Å²) < 4.78 is 5.25. The number of ether oxygens (including phenoxy) is 1. The maximum absolute atomic E-state index is 9.14. The van der Waals surface area contributed by atoms with E-state index < -0.39 is 0 Å². The molecule has 0 aliphatic carbocycles. The van der Waals surface area contributed by atoms with Gasteiger partial charge in [-0.1, -0.05) is 12.1 Å². The Morgan fingerprint density at radius 3 is 2.69 bits per heavy atom. The van der Waals surface area contributed by atoms with E-state index >= 15 is 0 Å². The van der Waals surface area contributed by atoms with Gasteiger partial charge in [0.05, 0.1) is 13.7 Å². The molecule has 1 N–H and O–H groups in total. The molecule has 0 unspecified atom stereocenters. The summed E-state index contributed by atoms with van der Waals surface area (Å²) in [5, 5.41) is 11.3. The first-order valence-electron chi connectivity index (χ1n) is 5.08. The van der Waals surface area contributed by atoms with E-state index in [0.717, 1.165) is 16.9 Å². The average Bonchev–Trinajstić information content (AvgIpc) is 2.75. The molecule has 2 aromatic rings. The van der Waals surface area contributed by atoms with Gasteiger partial charge in [-0.3, -0.25) is 0 Å². The Morgan fingerprint density at radius 1 is 1.31 bits per heavy atom. The number of aliphatic hydroxyl groups is 1. The fourth-order valence-electron chi connectivity index (χ4n) is 1.61. The molecule has 16 heavy (non-hydrogen) atoms. The fraction of sp³-hybridized carbons (Fsp3) is 0.231. The molecule has 0 spiro atoms. The van der Waals surface area contributed by atoms with Crippen molar-refractivity contribution in [2.45, 2.75) is 13.5 Å². The van der Waals surface area contributed by atoms with Gasteiger partial charge in [0.1, 0.15) is 5.75 Å². The first-order chi connectivity index (χ1) is 7.74. The highest BCUT2D eigenvalue weighted by atomic mass is 32.1. The third kappa shape index (κ3) is 2.10. The molecule has 0 aliphatic rings. The first-order valence-corrected chi connectivity index (χ1v) is 5.96. The van der Waals surface area contributed by atoms with Crippen LogP contribution in [0.4, 0.5) is 0 Å². The van der Waals surface area contributed by atoms with Crippen LogP contribution in [0, 0.1) is 6.92 Å². The molecule has 2 nitrogen and oxygen atoms in total. The molecule has 1 aromatic carbocycles. The minimum absolute atomic E-state index is 0.00687. The summed E-state index contributed by atoms with van der Waals surface area (Å²) >= 11 is 1.72. The quantitative estimate of drug-likeness (QED) is 0.883. The molecule has 3 heteroatoms. The number of hydrogen-bond donors (Lipinski definition) is 1. The van der Waals surface area contributed by atoms with Crippen LogP contribution in [0.5, 0.6) is 5.75 Å². The zero-order valence-electron chi connectivity index (χ0n) is 9.36. The number of rotatable bonds is 3. The summed E-state index contributed by atoms with van der Waals surface area (Å²) in [6.07, 6.45) is 0. The van der Waals surface area contributed by atoms with Crippen molar-refractivity contribution in [1.29, 1.82) is 0 Å². The average molecular weight is 234 g/mol. The zero-order chi connectivity index (χ0) is 11.5. The van der Waals surface area contributed by atoms with Crippen LogP contribution in [-0.4, -0.2) is 12.2 Å². The highest BCUT2D eigenvalue weighted by molar-refractivity contribution is 7.13. The molecule has 0 fully saturated rings. The standard InChI is InChI=1S/C13H14O2S/c1-9-5-13(16-8-9)10-3-4-11(7-14)12(6-10)15-2/h3-6,8,14H,7H2,1-2H3. The Kier molecular flexibility index (Phi) is 3.27. The molecule has 0 radical (unpaired) electrons. The second-order valence-corrected chi connectivity index (χ2v) is 4.58. The molecule has 0 aliphatic heterocycles. The molecular formula is C13H14O2S. The molecule has 0 saturated carbocycles. The lowest BCUT2D eigenvalue weighted by molar-refractivity contribution is 0.274. The van der Waals surface area contributed by atoms with Gasteiger partial charge in [0.25, 0.3) is 0 Å². The predicted octanol–water partition coefficient (Wildman–Crippen LogP) is 3.22. The molecule has 0 saturated heterocycles. The monoisotopic (exact) mass is 234 g/mol. The topological polar surface area (TPSA) is 29.5 Å². The highest BCUT2D eigenvalue weighted by Crippen LogP contribution is 2.31. The van der Waals surface area contributed by atoms with Crippen LogP contribution in [0.3, 0.4) is 0 Å². The number of benzene rings is 1. The van der Waals surface area contributed by atoms with Gasteiger partial charge in [-0.2, -0.15) is 0 Å². The Morgan fingerprint density at radius 2 is 2.12 bits per heavy atom. The van der Waals surface area contributed by atoms with Gasteiger partial charge < -0.3 is 9.84 Å². The van der Waals surface area contributed by atoms with Gasteiger partial charge >= 0.3 is 0 Å². The van der Waals surface area contributed by atoms with Crippen LogP contribution in [0.25, 0.3) is 10.4 Å². The lowest BCUT2D eigenvalue weighted by atomic mass is 10.1. The second-order valence-electron chi connectivity index (χ2n) is 3.67. The van der Waals surface area contributed by atoms with Crippen LogP contribution in [0.1, 0.15) is 11.1 Å². The van der Waals surface area contributed by atoms with Crippen molar-refractivity contribution in [2.24, 2.45) is 0 Å². The normalized spacial score (nSPS) is 10.4. The lowest BCUT2D eigenvalue weighted by Gasteiger charge is -2.07. The third-order valence-corrected chi connectivity index (χ3v) is 3.57. The molecule has 0 atom stereocenters. The number of aryl methyl sites for hydroxylation is 1. The summed E-state index contributed by atoms with van der Waals surface area (Å²) in [5.74, 6) is 0.742. The van der Waals surface area contributed by atoms with Crippen molar-refractivity contribution in [2.75, 3.05) is 7.11 Å². The Hall–Kier alpha value is -1.32. The van der Waals surface area contributed by atoms with E-state index in [0.29, 0.717) is 0 Å². The van der Waals surface area contributed by atoms with Crippen molar-refractivity contribution in [3.63, 3.8) is 0 Å². The van der Waals surface area contributed by atoms with E-state index in [1.54, 1.807) is 18.4 Å². The summed E-state index contributed by atoms with van der Waals surface area (Å²) in [6.45, 7) is 2.09. The van der Waals surface area contributed by atoms with Crippen LogP contribution in [-0.2, 0) is 6.61 Å². The van der Waals surface area contributed by atoms with Crippen molar-refractivity contribution in [3.8, 4) is 16.2 Å². The SMILES string of the molecule is COc1cc(-c2cc(C)cs2)ccc1CO. The van der Waals surface area contributed by atoms with E-state index in [1.807, 2.05) is 18.2 Å². The minimum Gasteiger partial charge on any atom is -0.496 e. The maximum Gasteiger partial charge on any atom is 0.125 e. The van der Waals surface area contributed by atoms with Gasteiger partial charge in [0.15, 0.2) is 0 Å². The molecule has 2 rings (SSSR count). The van der Waals surface area contributed by atoms with Crippen molar-refractivity contribution in [1.82, 2.24) is 0 Å². The number of aliphatic hydroxyl groups excluding tert-OH is 1. The van der Waals surface area contributed by atoms with Crippen LogP contribution in [0.2, 0.25) is 0 Å². The van der Waals surface area contributed by atoms with E-state index in [2.05, 4.69) is 18.4 Å². The summed E-state index contributed by atoms with van der Waals surface area (Å²) in [5.41, 5.74) is 3.22. The predicted molar refractivity (Wildman–Crippen MR) is 67.0 cm³/mol. The number of hydrogen-bond acceptors (Lipinski definition) is 3. The molecule has 1 aromatic heterocycles. The third-order valence-electron chi connectivity index (χ3n) is 2.47. The second kappa shape index (κ2) is 4.68. The number of methoxy groups -OCH3 is 1. The summed E-state index contributed by atoms with van der Waals surface area (Å²) in [6, 6.07) is 8.04. The van der Waals surface area contributed by atoms with Gasteiger partial charge in [-0.25, -0.2) is 0 Å². The Balaban J connectivity index is 2.43. The smallest absolute Gasteiger partial charge is 0.125 e.